The van der Waals surface area contributed by atoms with E-state index < -0.39 is 23.0 Å². The highest BCUT2D eigenvalue weighted by Crippen LogP contribution is 2.66. The quantitative estimate of drug-likeness (QED) is 0.602. The first-order chi connectivity index (χ1) is 13.1. The van der Waals surface area contributed by atoms with E-state index in [-0.39, 0.29) is 17.3 Å². The number of methoxy groups -OCH3 is 1. The van der Waals surface area contributed by atoms with E-state index in [0.717, 1.165) is 35.1 Å². The summed E-state index contributed by atoms with van der Waals surface area (Å²) in [5.41, 5.74) is 2.10. The van der Waals surface area contributed by atoms with Crippen LogP contribution < -0.4 is 0 Å². The summed E-state index contributed by atoms with van der Waals surface area (Å²) in [7, 11) is 1.31. The Hall–Kier alpha value is -1.51. The molecule has 0 bridgehead atoms. The van der Waals surface area contributed by atoms with Gasteiger partial charge >= 0.3 is 11.9 Å². The number of allylic oxidation sites excluding steroid dienone is 2. The first-order valence-electron chi connectivity index (χ1n) is 9.01. The number of rotatable bonds is 7. The van der Waals surface area contributed by atoms with Crippen molar-refractivity contribution in [1.29, 1.82) is 0 Å². The fraction of sp³-hybridized carbons (Fsp3) is 0.550. The molecule has 0 radical (unpaired) electrons. The van der Waals surface area contributed by atoms with Crippen LogP contribution >= 0.6 is 23.5 Å². The molecule has 28 heavy (non-hydrogen) atoms. The number of hydrogen-bond acceptors (Lipinski definition) is 7. The summed E-state index contributed by atoms with van der Waals surface area (Å²) in [4.78, 5) is 36.6. The molecule has 3 aliphatic carbocycles. The van der Waals surface area contributed by atoms with Crippen LogP contribution in [0.2, 0.25) is 0 Å². The van der Waals surface area contributed by atoms with Gasteiger partial charge in [-0.2, -0.15) is 0 Å². The minimum absolute atomic E-state index is 0.0279. The van der Waals surface area contributed by atoms with E-state index in [4.69, 9.17) is 9.84 Å². The number of thioether (sulfide) groups is 2. The highest BCUT2D eigenvalue weighted by atomic mass is 32.2. The molecule has 0 aliphatic heterocycles. The molecule has 0 aromatic carbocycles. The Morgan fingerprint density at radius 3 is 2.36 bits per heavy atom. The second kappa shape index (κ2) is 7.39. The number of carboxylic acid groups (broad SMARTS) is 1. The molecular weight excluding hydrogens is 400 g/mol. The Morgan fingerprint density at radius 1 is 1.18 bits per heavy atom. The van der Waals surface area contributed by atoms with Gasteiger partial charge in [-0.25, -0.2) is 0 Å². The van der Waals surface area contributed by atoms with Crippen molar-refractivity contribution in [3.05, 3.63) is 32.8 Å². The van der Waals surface area contributed by atoms with E-state index in [0.29, 0.717) is 16.2 Å². The van der Waals surface area contributed by atoms with E-state index in [9.17, 15) is 19.5 Å². The zero-order valence-corrected chi connectivity index (χ0v) is 18.0. The molecule has 1 fully saturated rings. The number of ketones is 1. The highest BCUT2D eigenvalue weighted by Gasteiger charge is 2.65. The second-order valence-electron chi connectivity index (χ2n) is 7.54. The molecule has 0 amide bonds. The Bertz CT molecular complexity index is 858. The van der Waals surface area contributed by atoms with Gasteiger partial charge in [0.1, 0.15) is 5.60 Å². The lowest BCUT2D eigenvalue weighted by Crippen LogP contribution is -2.49. The van der Waals surface area contributed by atoms with Gasteiger partial charge in [-0.1, -0.05) is 5.57 Å². The van der Waals surface area contributed by atoms with Crippen molar-refractivity contribution >= 4 is 41.2 Å². The molecule has 0 aromatic heterocycles. The SMILES string of the molecule is COC(=O)CSC1=C2C(=O)[C@](C)(O)C3(CC3)C(C)=C2C(CSCC(=O)O)=C1C. The van der Waals surface area contributed by atoms with Gasteiger partial charge in [-0.05, 0) is 50.3 Å². The van der Waals surface area contributed by atoms with E-state index in [1.54, 1.807) is 6.92 Å². The number of aliphatic carboxylic acids is 1. The number of ether oxygens (including phenoxy) is 1. The third-order valence-corrected chi connectivity index (χ3v) is 8.17. The summed E-state index contributed by atoms with van der Waals surface area (Å²) in [5.74, 6) is -1.09. The molecule has 1 spiro atoms. The summed E-state index contributed by atoms with van der Waals surface area (Å²) in [6, 6.07) is 0. The molecule has 3 rings (SSSR count). The lowest BCUT2D eigenvalue weighted by Gasteiger charge is -2.39. The number of hydrogen-bond donors (Lipinski definition) is 2. The van der Waals surface area contributed by atoms with Gasteiger partial charge in [0.25, 0.3) is 0 Å². The fourth-order valence-corrected chi connectivity index (χ4v) is 6.15. The molecule has 1 atom stereocenters. The molecule has 2 N–H and O–H groups in total. The lowest BCUT2D eigenvalue weighted by atomic mass is 9.67. The van der Waals surface area contributed by atoms with Gasteiger partial charge < -0.3 is 14.9 Å². The van der Waals surface area contributed by atoms with Crippen LogP contribution in [-0.2, 0) is 19.1 Å². The summed E-state index contributed by atoms with van der Waals surface area (Å²) >= 11 is 2.52. The first kappa shape index (κ1) is 21.2. The maximum atomic E-state index is 13.3. The lowest BCUT2D eigenvalue weighted by molar-refractivity contribution is -0.138. The third-order valence-electron chi connectivity index (χ3n) is 6.05. The Balaban J connectivity index is 2.08. The Morgan fingerprint density at radius 2 is 1.82 bits per heavy atom. The molecule has 1 saturated carbocycles. The van der Waals surface area contributed by atoms with Crippen LogP contribution in [0.15, 0.2) is 32.8 Å². The standard InChI is InChI=1S/C20H24O6S2/c1-10-12(7-27-8-13(21)22)15-11(2)20(5-6-20)19(3,25)18(24)16(15)17(10)28-9-14(23)26-4/h25H,5-9H2,1-4H3,(H,21,22)/t19-/m0/s1. The number of aliphatic hydroxyl groups is 1. The molecule has 8 heteroatoms. The normalized spacial score (nSPS) is 25.5. The second-order valence-corrected chi connectivity index (χ2v) is 9.51. The van der Waals surface area contributed by atoms with Crippen LogP contribution in [0.4, 0.5) is 0 Å². The molecule has 0 aromatic rings. The number of carbonyl (C=O) groups excluding carboxylic acids is 2. The van der Waals surface area contributed by atoms with Gasteiger partial charge in [-0.15, -0.1) is 23.5 Å². The molecule has 0 heterocycles. The highest BCUT2D eigenvalue weighted by molar-refractivity contribution is 8.04. The fourth-order valence-electron chi connectivity index (χ4n) is 4.25. The van der Waals surface area contributed by atoms with Crippen LogP contribution in [0.5, 0.6) is 0 Å². The van der Waals surface area contributed by atoms with E-state index in [1.165, 1.54) is 30.6 Å². The predicted octanol–water partition coefficient (Wildman–Crippen LogP) is 2.73. The van der Waals surface area contributed by atoms with Gasteiger partial charge in [0.2, 0.25) is 0 Å². The summed E-state index contributed by atoms with van der Waals surface area (Å²) in [6.45, 7) is 5.44. The van der Waals surface area contributed by atoms with Crippen LogP contribution in [0.3, 0.4) is 0 Å². The van der Waals surface area contributed by atoms with Gasteiger partial charge in [0, 0.05) is 21.6 Å². The third kappa shape index (κ3) is 3.15. The molecule has 0 saturated heterocycles. The minimum Gasteiger partial charge on any atom is -0.481 e. The van der Waals surface area contributed by atoms with E-state index in [2.05, 4.69) is 0 Å². The average Bonchev–Trinajstić information content (AvgIpc) is 3.40. The molecule has 6 nitrogen and oxygen atoms in total. The summed E-state index contributed by atoms with van der Waals surface area (Å²) in [6.07, 6.45) is 1.52. The van der Waals surface area contributed by atoms with Crippen LogP contribution in [0.1, 0.15) is 33.6 Å². The summed E-state index contributed by atoms with van der Waals surface area (Å²) in [5, 5.41) is 20.1. The van der Waals surface area contributed by atoms with Crippen molar-refractivity contribution < 1.29 is 29.3 Å². The minimum atomic E-state index is -1.48. The number of carboxylic acids is 1. The number of carbonyl (C=O) groups is 3. The number of Topliss-reactive ketones (excluding diaryl/α,β-unsaturated/α-hetero) is 1. The monoisotopic (exact) mass is 424 g/mol. The summed E-state index contributed by atoms with van der Waals surface area (Å²) < 4.78 is 4.72. The average molecular weight is 425 g/mol. The van der Waals surface area contributed by atoms with Gasteiger partial charge in [0.05, 0.1) is 18.6 Å². The van der Waals surface area contributed by atoms with Crippen molar-refractivity contribution in [2.45, 2.75) is 39.2 Å². The van der Waals surface area contributed by atoms with Gasteiger partial charge in [0.15, 0.2) is 5.78 Å². The van der Waals surface area contributed by atoms with Crippen molar-refractivity contribution in [3.8, 4) is 0 Å². The molecule has 3 aliphatic rings. The predicted molar refractivity (Wildman–Crippen MR) is 109 cm³/mol. The van der Waals surface area contributed by atoms with Crippen molar-refractivity contribution in [3.63, 3.8) is 0 Å². The maximum Gasteiger partial charge on any atom is 0.315 e. The zero-order valence-electron chi connectivity index (χ0n) is 16.4. The molecule has 152 valence electrons. The van der Waals surface area contributed by atoms with Gasteiger partial charge in [-0.3, -0.25) is 14.4 Å². The van der Waals surface area contributed by atoms with E-state index >= 15 is 0 Å². The number of esters is 1. The Labute approximate surface area is 172 Å². The van der Waals surface area contributed by atoms with E-state index in [1.807, 2.05) is 13.8 Å². The van der Waals surface area contributed by atoms with Crippen molar-refractivity contribution in [2.75, 3.05) is 24.4 Å². The molecular formula is C20H24O6S2. The molecule has 0 unspecified atom stereocenters. The zero-order chi connectivity index (χ0) is 20.9. The van der Waals surface area contributed by atoms with Crippen molar-refractivity contribution in [2.24, 2.45) is 5.41 Å². The largest absolute Gasteiger partial charge is 0.481 e. The van der Waals surface area contributed by atoms with Crippen LogP contribution in [0.25, 0.3) is 0 Å². The maximum absolute atomic E-state index is 13.3. The smallest absolute Gasteiger partial charge is 0.315 e. The van der Waals surface area contributed by atoms with Crippen molar-refractivity contribution in [1.82, 2.24) is 0 Å². The topological polar surface area (TPSA) is 101 Å². The van der Waals surface area contributed by atoms with Crippen LogP contribution in [-0.4, -0.2) is 57.9 Å². The number of fused-ring (bicyclic) bond motifs is 1. The van der Waals surface area contributed by atoms with Crippen LogP contribution in [0, 0.1) is 5.41 Å². The Kier molecular flexibility index (Phi) is 5.59. The first-order valence-corrected chi connectivity index (χ1v) is 11.2.